The van der Waals surface area contributed by atoms with Gasteiger partial charge in [0.25, 0.3) is 0 Å². The van der Waals surface area contributed by atoms with Gasteiger partial charge in [0.1, 0.15) is 0 Å². The second-order valence-electron chi connectivity index (χ2n) is 8.87. The van der Waals surface area contributed by atoms with Gasteiger partial charge in [-0.25, -0.2) is 4.79 Å². The van der Waals surface area contributed by atoms with E-state index in [1.807, 2.05) is 0 Å². The Morgan fingerprint density at radius 2 is 1.72 bits per heavy atom. The molecule has 0 radical (unpaired) electrons. The Kier molecular flexibility index (Phi) is 4.07. The first kappa shape index (κ1) is 19.0. The molecule has 4 aliphatic carbocycles. The van der Waals surface area contributed by atoms with Crippen molar-refractivity contribution in [3.05, 3.63) is 0 Å². The molecule has 4 fully saturated rings. The summed E-state index contributed by atoms with van der Waals surface area (Å²) in [6, 6.07) is 0. The predicted octanol–water partition coefficient (Wildman–Crippen LogP) is 2.37. The Balaban J connectivity index is 1.78. The normalized spacial score (nSPS) is 38.0. The number of esters is 1. The molecule has 4 saturated carbocycles. The molecule has 25 heavy (non-hydrogen) atoms. The lowest BCUT2D eigenvalue weighted by Gasteiger charge is -2.65. The summed E-state index contributed by atoms with van der Waals surface area (Å²) < 4.78 is 61.3. The van der Waals surface area contributed by atoms with Crippen LogP contribution in [0, 0.1) is 22.7 Å². The van der Waals surface area contributed by atoms with Crippen molar-refractivity contribution in [3.8, 4) is 0 Å². The third-order valence-electron chi connectivity index (χ3n) is 6.55. The fraction of sp³-hybridized carbons (Fsp3) is 0.938. The Morgan fingerprint density at radius 3 is 2.16 bits per heavy atom. The van der Waals surface area contributed by atoms with Crippen molar-refractivity contribution >= 4 is 16.1 Å². The maximum Gasteiger partial charge on any atom is 0.465 e. The van der Waals surface area contributed by atoms with Gasteiger partial charge in [0.15, 0.2) is 0 Å². The highest BCUT2D eigenvalue weighted by Crippen LogP contribution is 2.68. The lowest BCUT2D eigenvalue weighted by atomic mass is 9.41. The van der Waals surface area contributed by atoms with Gasteiger partial charge in [0, 0.05) is 5.41 Å². The monoisotopic (exact) mass is 382 g/mol. The van der Waals surface area contributed by atoms with Gasteiger partial charge in [-0.05, 0) is 69.6 Å². The van der Waals surface area contributed by atoms with E-state index in [1.165, 1.54) is 0 Å². The molecule has 0 spiro atoms. The number of halogens is 2. The molecule has 0 heterocycles. The van der Waals surface area contributed by atoms with Crippen molar-refractivity contribution in [2.75, 3.05) is 6.61 Å². The van der Waals surface area contributed by atoms with Crippen LogP contribution in [0.1, 0.15) is 52.4 Å². The topological polar surface area (TPSA) is 101 Å². The molecule has 4 bridgehead atoms. The first-order valence-corrected chi connectivity index (χ1v) is 9.88. The molecular formula is C16H24F2O6S. The SMILES string of the molecule is CC(C)(O)C12CC3CC(CC(COC(=O)C(F)(F)S(=O)(=O)O)(C3)C1)C2. The van der Waals surface area contributed by atoms with Crippen LogP contribution < -0.4 is 0 Å². The number of hydrogen-bond acceptors (Lipinski definition) is 5. The standard InChI is InChI=1S/C16H24F2O6S/c1-13(2,20)15-6-10-3-11(7-15)5-14(4-10,8-15)9-24-12(19)16(17,18)25(21,22)23/h10-11,20H,3-9H2,1-2H3,(H,21,22,23). The summed E-state index contributed by atoms with van der Waals surface area (Å²) in [5, 5.41) is 5.70. The second-order valence-corrected chi connectivity index (χ2v) is 10.3. The zero-order valence-electron chi connectivity index (χ0n) is 14.3. The van der Waals surface area contributed by atoms with Crippen LogP contribution in [0.4, 0.5) is 8.78 Å². The smallest absolute Gasteiger partial charge is 0.460 e. The van der Waals surface area contributed by atoms with Gasteiger partial charge < -0.3 is 9.84 Å². The quantitative estimate of drug-likeness (QED) is 0.559. The fourth-order valence-corrected chi connectivity index (χ4v) is 6.01. The number of carbonyl (C=O) groups excluding carboxylic acids is 1. The van der Waals surface area contributed by atoms with E-state index in [0.717, 1.165) is 19.3 Å². The summed E-state index contributed by atoms with van der Waals surface area (Å²) >= 11 is 0. The van der Waals surface area contributed by atoms with Gasteiger partial charge in [0.05, 0.1) is 12.2 Å². The van der Waals surface area contributed by atoms with Crippen molar-refractivity contribution in [2.45, 2.75) is 63.2 Å². The number of rotatable bonds is 5. The lowest BCUT2D eigenvalue weighted by Crippen LogP contribution is -2.60. The Labute approximate surface area is 145 Å². The number of alkyl halides is 2. The van der Waals surface area contributed by atoms with Gasteiger partial charge in [-0.3, -0.25) is 4.55 Å². The van der Waals surface area contributed by atoms with E-state index >= 15 is 0 Å². The van der Waals surface area contributed by atoms with E-state index in [1.54, 1.807) is 13.8 Å². The molecule has 2 atom stereocenters. The van der Waals surface area contributed by atoms with Crippen molar-refractivity contribution in [3.63, 3.8) is 0 Å². The van der Waals surface area contributed by atoms with E-state index in [-0.39, 0.29) is 12.0 Å². The summed E-state index contributed by atoms with van der Waals surface area (Å²) in [5.41, 5.74) is -1.79. The maximum absolute atomic E-state index is 13.4. The zero-order valence-corrected chi connectivity index (χ0v) is 15.1. The molecular weight excluding hydrogens is 358 g/mol. The third kappa shape index (κ3) is 2.98. The molecule has 4 rings (SSSR count). The van der Waals surface area contributed by atoms with Crippen molar-refractivity contribution in [1.29, 1.82) is 0 Å². The van der Waals surface area contributed by atoms with Crippen LogP contribution in [-0.4, -0.2) is 41.5 Å². The minimum absolute atomic E-state index is 0.318. The van der Waals surface area contributed by atoms with E-state index < -0.39 is 32.4 Å². The molecule has 0 aliphatic heterocycles. The van der Waals surface area contributed by atoms with Crippen LogP contribution >= 0.6 is 0 Å². The van der Waals surface area contributed by atoms with Gasteiger partial charge in [0.2, 0.25) is 0 Å². The largest absolute Gasteiger partial charge is 0.465 e. The van der Waals surface area contributed by atoms with Crippen LogP contribution in [0.5, 0.6) is 0 Å². The van der Waals surface area contributed by atoms with Gasteiger partial charge >= 0.3 is 21.3 Å². The second kappa shape index (κ2) is 5.36. The van der Waals surface area contributed by atoms with Gasteiger partial charge in [-0.15, -0.1) is 0 Å². The highest BCUT2D eigenvalue weighted by molar-refractivity contribution is 7.87. The highest BCUT2D eigenvalue weighted by atomic mass is 32.2. The van der Waals surface area contributed by atoms with Crippen LogP contribution in [-0.2, 0) is 19.6 Å². The fourth-order valence-electron chi connectivity index (χ4n) is 5.74. The minimum atomic E-state index is -5.86. The molecule has 2 unspecified atom stereocenters. The molecule has 2 N–H and O–H groups in total. The van der Waals surface area contributed by atoms with E-state index in [9.17, 15) is 27.1 Å². The minimum Gasteiger partial charge on any atom is -0.460 e. The molecule has 9 heteroatoms. The predicted molar refractivity (Wildman–Crippen MR) is 83.3 cm³/mol. The summed E-state index contributed by atoms with van der Waals surface area (Å²) in [6.45, 7) is 3.19. The van der Waals surface area contributed by atoms with E-state index in [4.69, 9.17) is 4.55 Å². The van der Waals surface area contributed by atoms with Crippen LogP contribution in [0.15, 0.2) is 0 Å². The summed E-state index contributed by atoms with van der Waals surface area (Å²) in [7, 11) is -5.86. The molecule has 0 saturated heterocycles. The number of ether oxygens (including phenoxy) is 1. The molecule has 0 aromatic carbocycles. The van der Waals surface area contributed by atoms with Gasteiger partial charge in [-0.2, -0.15) is 17.2 Å². The zero-order chi connectivity index (χ0) is 18.9. The van der Waals surface area contributed by atoms with Crippen molar-refractivity contribution < 1.29 is 36.4 Å². The molecule has 144 valence electrons. The average molecular weight is 382 g/mol. The summed E-state index contributed by atoms with van der Waals surface area (Å²) in [4.78, 5) is 11.5. The molecule has 0 aromatic heterocycles. The molecule has 0 amide bonds. The number of aliphatic hydroxyl groups is 1. The number of carbonyl (C=O) groups is 1. The Bertz CT molecular complexity index is 667. The average Bonchev–Trinajstić information content (AvgIpc) is 2.41. The van der Waals surface area contributed by atoms with E-state index in [2.05, 4.69) is 4.74 Å². The highest BCUT2D eigenvalue weighted by Gasteiger charge is 2.63. The van der Waals surface area contributed by atoms with E-state index in [0.29, 0.717) is 31.1 Å². The maximum atomic E-state index is 13.4. The van der Waals surface area contributed by atoms with Crippen LogP contribution in [0.2, 0.25) is 0 Å². The third-order valence-corrected chi connectivity index (χ3v) is 7.37. The Morgan fingerprint density at radius 1 is 1.20 bits per heavy atom. The van der Waals surface area contributed by atoms with Crippen molar-refractivity contribution in [1.82, 2.24) is 0 Å². The van der Waals surface area contributed by atoms with Crippen molar-refractivity contribution in [2.24, 2.45) is 22.7 Å². The molecule has 6 nitrogen and oxygen atoms in total. The summed E-state index contributed by atoms with van der Waals surface area (Å²) in [5.74, 6) is -1.56. The van der Waals surface area contributed by atoms with Crippen LogP contribution in [0.25, 0.3) is 0 Å². The summed E-state index contributed by atoms with van der Waals surface area (Å²) in [6.07, 6.45) is 4.74. The Hall–Kier alpha value is -0.800. The lowest BCUT2D eigenvalue weighted by molar-refractivity contribution is -0.209. The first-order valence-electron chi connectivity index (χ1n) is 8.44. The first-order chi connectivity index (χ1) is 11.2. The van der Waals surface area contributed by atoms with Gasteiger partial charge in [-0.1, -0.05) is 0 Å². The molecule has 0 aromatic rings. The molecule has 4 aliphatic rings. The number of hydrogen-bond donors (Lipinski definition) is 2. The van der Waals surface area contributed by atoms with Crippen LogP contribution in [0.3, 0.4) is 0 Å².